The molecule has 1 aliphatic carbocycles. The Hall–Kier alpha value is -3.14. The molecule has 7 heteroatoms. The standard InChI is InChI=1S/C19H19N5O2/c1-12-16-13(18(25)22-19(11-20)7-3-4-8-19)10-14(15-6-5-9-26-15)21-17(16)24(2)23-12/h5-6,9-10H,3-4,7-8H2,1-2H3,(H,22,25). The number of hydrogen-bond donors (Lipinski definition) is 1. The molecule has 0 radical (unpaired) electrons. The van der Waals surface area contributed by atoms with Gasteiger partial charge in [-0.2, -0.15) is 10.4 Å². The van der Waals surface area contributed by atoms with E-state index in [0.717, 1.165) is 18.5 Å². The number of fused-ring (bicyclic) bond motifs is 1. The van der Waals surface area contributed by atoms with Crippen LogP contribution in [-0.4, -0.2) is 26.2 Å². The molecule has 0 aliphatic heterocycles. The molecule has 0 saturated heterocycles. The summed E-state index contributed by atoms with van der Waals surface area (Å²) in [5, 5.41) is 17.6. The highest BCUT2D eigenvalue weighted by Crippen LogP contribution is 2.31. The van der Waals surface area contributed by atoms with Crippen LogP contribution in [0.25, 0.3) is 22.5 Å². The molecule has 0 aromatic carbocycles. The summed E-state index contributed by atoms with van der Waals surface area (Å²) in [6.07, 6.45) is 4.83. The second kappa shape index (κ2) is 5.99. The Morgan fingerprint density at radius 2 is 2.19 bits per heavy atom. The average molecular weight is 349 g/mol. The number of aryl methyl sites for hydroxylation is 2. The van der Waals surface area contributed by atoms with Crippen LogP contribution >= 0.6 is 0 Å². The Morgan fingerprint density at radius 3 is 2.85 bits per heavy atom. The lowest BCUT2D eigenvalue weighted by Gasteiger charge is -2.22. The third kappa shape index (κ3) is 2.54. The van der Waals surface area contributed by atoms with Crippen molar-refractivity contribution < 1.29 is 9.21 Å². The van der Waals surface area contributed by atoms with Crippen LogP contribution in [0.2, 0.25) is 0 Å². The van der Waals surface area contributed by atoms with Gasteiger partial charge in [0.2, 0.25) is 0 Å². The SMILES string of the molecule is Cc1nn(C)c2nc(-c3ccco3)cc(C(=O)NC3(C#N)CCCC3)c12. The third-order valence-corrected chi connectivity index (χ3v) is 5.01. The number of carbonyl (C=O) groups excluding carboxylic acids is 1. The fraction of sp³-hybridized carbons (Fsp3) is 0.368. The van der Waals surface area contributed by atoms with Crippen molar-refractivity contribution in [1.29, 1.82) is 5.26 Å². The number of amides is 1. The van der Waals surface area contributed by atoms with Gasteiger partial charge in [-0.05, 0) is 50.8 Å². The molecular weight excluding hydrogens is 330 g/mol. The second-order valence-corrected chi connectivity index (χ2v) is 6.80. The van der Waals surface area contributed by atoms with E-state index in [1.54, 1.807) is 36.2 Å². The highest BCUT2D eigenvalue weighted by molar-refractivity contribution is 6.07. The van der Waals surface area contributed by atoms with Gasteiger partial charge in [-0.3, -0.25) is 9.48 Å². The van der Waals surface area contributed by atoms with Gasteiger partial charge in [0.05, 0.1) is 29.0 Å². The van der Waals surface area contributed by atoms with Gasteiger partial charge in [0.15, 0.2) is 11.4 Å². The molecule has 4 rings (SSSR count). The first-order chi connectivity index (χ1) is 12.5. The van der Waals surface area contributed by atoms with Gasteiger partial charge in [0.1, 0.15) is 11.2 Å². The third-order valence-electron chi connectivity index (χ3n) is 5.01. The molecule has 1 amide bonds. The number of nitriles is 1. The molecule has 1 fully saturated rings. The number of hydrogen-bond acceptors (Lipinski definition) is 5. The number of carbonyl (C=O) groups is 1. The van der Waals surface area contributed by atoms with Crippen LogP contribution in [-0.2, 0) is 7.05 Å². The van der Waals surface area contributed by atoms with Crippen LogP contribution in [0, 0.1) is 18.3 Å². The van der Waals surface area contributed by atoms with Crippen LogP contribution in [0.1, 0.15) is 41.7 Å². The smallest absolute Gasteiger partial charge is 0.253 e. The average Bonchev–Trinajstić information content (AvgIpc) is 3.37. The lowest BCUT2D eigenvalue weighted by atomic mass is 9.98. The molecule has 3 aromatic rings. The molecular formula is C19H19N5O2. The van der Waals surface area contributed by atoms with Gasteiger partial charge in [-0.1, -0.05) is 0 Å². The molecule has 26 heavy (non-hydrogen) atoms. The van der Waals surface area contributed by atoms with E-state index in [1.807, 2.05) is 6.92 Å². The van der Waals surface area contributed by atoms with Crippen molar-refractivity contribution in [1.82, 2.24) is 20.1 Å². The lowest BCUT2D eigenvalue weighted by molar-refractivity contribution is 0.0922. The Bertz CT molecular complexity index is 1020. The zero-order valence-corrected chi connectivity index (χ0v) is 14.7. The summed E-state index contributed by atoms with van der Waals surface area (Å²) < 4.78 is 7.10. The normalized spacial score (nSPS) is 15.9. The molecule has 0 spiro atoms. The number of rotatable bonds is 3. The van der Waals surface area contributed by atoms with E-state index >= 15 is 0 Å². The van der Waals surface area contributed by atoms with Gasteiger partial charge in [-0.15, -0.1) is 0 Å². The molecule has 132 valence electrons. The first-order valence-electron chi connectivity index (χ1n) is 8.65. The summed E-state index contributed by atoms with van der Waals surface area (Å²) >= 11 is 0. The maximum Gasteiger partial charge on any atom is 0.253 e. The van der Waals surface area contributed by atoms with E-state index in [9.17, 15) is 10.1 Å². The van der Waals surface area contributed by atoms with Crippen molar-refractivity contribution in [2.75, 3.05) is 0 Å². The Balaban J connectivity index is 1.85. The van der Waals surface area contributed by atoms with Crippen LogP contribution < -0.4 is 5.32 Å². The summed E-state index contributed by atoms with van der Waals surface area (Å²) in [6.45, 7) is 1.85. The zero-order valence-electron chi connectivity index (χ0n) is 14.7. The van der Waals surface area contributed by atoms with Gasteiger partial charge in [-0.25, -0.2) is 4.98 Å². The molecule has 1 saturated carbocycles. The number of aromatic nitrogens is 3. The summed E-state index contributed by atoms with van der Waals surface area (Å²) in [6, 6.07) is 7.59. The van der Waals surface area contributed by atoms with E-state index in [1.165, 1.54) is 0 Å². The van der Waals surface area contributed by atoms with Crippen LogP contribution in [0.5, 0.6) is 0 Å². The van der Waals surface area contributed by atoms with E-state index in [4.69, 9.17) is 4.42 Å². The van der Waals surface area contributed by atoms with E-state index < -0.39 is 5.54 Å². The topological polar surface area (TPSA) is 96.7 Å². The maximum atomic E-state index is 13.1. The molecule has 3 heterocycles. The van der Waals surface area contributed by atoms with Crippen LogP contribution in [0.15, 0.2) is 28.9 Å². The highest BCUT2D eigenvalue weighted by Gasteiger charge is 2.36. The van der Waals surface area contributed by atoms with Gasteiger partial charge >= 0.3 is 0 Å². The molecule has 0 bridgehead atoms. The predicted octanol–water partition coefficient (Wildman–Crippen LogP) is 3.10. The Labute approximate surface area is 150 Å². The van der Waals surface area contributed by atoms with Crippen molar-refractivity contribution >= 4 is 16.9 Å². The minimum Gasteiger partial charge on any atom is -0.463 e. The first-order valence-corrected chi connectivity index (χ1v) is 8.65. The van der Waals surface area contributed by atoms with Gasteiger partial charge in [0.25, 0.3) is 5.91 Å². The summed E-state index contributed by atoms with van der Waals surface area (Å²) in [5.74, 6) is 0.306. The van der Waals surface area contributed by atoms with Crippen LogP contribution in [0.4, 0.5) is 0 Å². The van der Waals surface area contributed by atoms with E-state index in [0.29, 0.717) is 40.9 Å². The highest BCUT2D eigenvalue weighted by atomic mass is 16.3. The summed E-state index contributed by atoms with van der Waals surface area (Å²) in [7, 11) is 1.80. The van der Waals surface area contributed by atoms with Gasteiger partial charge < -0.3 is 9.73 Å². The fourth-order valence-electron chi connectivity index (χ4n) is 3.70. The number of furan rings is 1. The van der Waals surface area contributed by atoms with Crippen molar-refractivity contribution in [3.63, 3.8) is 0 Å². The molecule has 0 atom stereocenters. The minimum absolute atomic E-state index is 0.273. The summed E-state index contributed by atoms with van der Waals surface area (Å²) in [4.78, 5) is 17.7. The van der Waals surface area contributed by atoms with E-state index in [2.05, 4.69) is 21.5 Å². The molecule has 3 aromatic heterocycles. The number of pyridine rings is 1. The van der Waals surface area contributed by atoms with Crippen molar-refractivity contribution in [2.24, 2.45) is 7.05 Å². The quantitative estimate of drug-likeness (QED) is 0.783. The largest absolute Gasteiger partial charge is 0.463 e. The predicted molar refractivity (Wildman–Crippen MR) is 95.2 cm³/mol. The first kappa shape index (κ1) is 16.3. The second-order valence-electron chi connectivity index (χ2n) is 6.80. The van der Waals surface area contributed by atoms with E-state index in [-0.39, 0.29) is 5.91 Å². The fourth-order valence-corrected chi connectivity index (χ4v) is 3.70. The monoisotopic (exact) mass is 349 g/mol. The molecule has 1 N–H and O–H groups in total. The number of nitrogens with one attached hydrogen (secondary N) is 1. The Morgan fingerprint density at radius 1 is 1.42 bits per heavy atom. The van der Waals surface area contributed by atoms with Gasteiger partial charge in [0, 0.05) is 7.05 Å². The summed E-state index contributed by atoms with van der Waals surface area (Å²) in [5.41, 5.74) is 1.58. The van der Waals surface area contributed by atoms with Crippen LogP contribution in [0.3, 0.4) is 0 Å². The zero-order chi connectivity index (χ0) is 18.3. The maximum absolute atomic E-state index is 13.1. The molecule has 1 aliphatic rings. The Kier molecular flexibility index (Phi) is 3.76. The minimum atomic E-state index is -0.784. The van der Waals surface area contributed by atoms with Crippen molar-refractivity contribution in [2.45, 2.75) is 38.1 Å². The van der Waals surface area contributed by atoms with Crippen molar-refractivity contribution in [3.8, 4) is 17.5 Å². The number of nitrogens with zero attached hydrogens (tertiary/aromatic N) is 4. The molecule has 7 nitrogen and oxygen atoms in total. The van der Waals surface area contributed by atoms with Crippen molar-refractivity contribution in [3.05, 3.63) is 35.7 Å². The molecule has 0 unspecified atom stereocenters. The lowest BCUT2D eigenvalue weighted by Crippen LogP contribution is -2.45.